The summed E-state index contributed by atoms with van der Waals surface area (Å²) in [5.74, 6) is -1.29. The van der Waals surface area contributed by atoms with Crippen LogP contribution in [0.1, 0.15) is 41.7 Å². The van der Waals surface area contributed by atoms with E-state index in [1.807, 2.05) is 65.0 Å². The van der Waals surface area contributed by atoms with Crippen molar-refractivity contribution < 1.29 is 9.59 Å². The number of nitrogens with one attached hydrogen (secondary N) is 2. The van der Waals surface area contributed by atoms with Crippen molar-refractivity contribution in [3.8, 4) is 0 Å². The molecule has 25 heavy (non-hydrogen) atoms. The van der Waals surface area contributed by atoms with Crippen LogP contribution in [0, 0.1) is 20.8 Å². The molecule has 0 fully saturated rings. The maximum Gasteiger partial charge on any atom is 0.314 e. The molecule has 4 nitrogen and oxygen atoms in total. The summed E-state index contributed by atoms with van der Waals surface area (Å²) in [6, 6.07) is 9.90. The molecule has 2 rings (SSSR count). The minimum Gasteiger partial charge on any atom is -0.317 e. The Kier molecular flexibility index (Phi) is 5.97. The van der Waals surface area contributed by atoms with Gasteiger partial charge in [0.05, 0.1) is 0 Å². The Morgan fingerprint density at radius 2 is 1.24 bits per heavy atom. The van der Waals surface area contributed by atoms with Crippen molar-refractivity contribution in [2.75, 3.05) is 10.6 Å². The maximum atomic E-state index is 12.4. The number of anilines is 2. The van der Waals surface area contributed by atoms with Crippen molar-refractivity contribution in [3.05, 3.63) is 58.1 Å². The first-order valence-electron chi connectivity index (χ1n) is 8.68. The Labute approximate surface area is 149 Å². The first-order valence-corrected chi connectivity index (χ1v) is 8.68. The van der Waals surface area contributed by atoms with E-state index < -0.39 is 11.8 Å². The zero-order chi connectivity index (χ0) is 18.6. The number of carbonyl (C=O) groups excluding carboxylic acids is 2. The van der Waals surface area contributed by atoms with Crippen LogP contribution in [-0.4, -0.2) is 11.8 Å². The quantitative estimate of drug-likeness (QED) is 0.816. The van der Waals surface area contributed by atoms with Crippen molar-refractivity contribution in [2.45, 2.75) is 47.5 Å². The van der Waals surface area contributed by atoms with Crippen LogP contribution in [0.25, 0.3) is 0 Å². The molecule has 0 spiro atoms. The molecule has 0 unspecified atom stereocenters. The van der Waals surface area contributed by atoms with Crippen LogP contribution in [0.4, 0.5) is 11.4 Å². The molecule has 4 heteroatoms. The van der Waals surface area contributed by atoms with Gasteiger partial charge in [0.15, 0.2) is 0 Å². The standard InChI is InChI=1S/C21H26N2O2/c1-6-16-9-8-10-17(7-2)19(16)23-21(25)20(24)22-18-14(4)11-13(3)12-15(18)5/h8-12H,6-7H2,1-5H3,(H,22,24)(H,23,25). The summed E-state index contributed by atoms with van der Waals surface area (Å²) in [4.78, 5) is 24.8. The van der Waals surface area contributed by atoms with Crippen molar-refractivity contribution in [2.24, 2.45) is 0 Å². The number of rotatable bonds is 4. The summed E-state index contributed by atoms with van der Waals surface area (Å²) in [7, 11) is 0. The van der Waals surface area contributed by atoms with Gasteiger partial charge in [-0.2, -0.15) is 0 Å². The van der Waals surface area contributed by atoms with Crippen molar-refractivity contribution in [3.63, 3.8) is 0 Å². The fourth-order valence-corrected chi connectivity index (χ4v) is 3.12. The fraction of sp³-hybridized carbons (Fsp3) is 0.333. The second-order valence-electron chi connectivity index (χ2n) is 6.34. The van der Waals surface area contributed by atoms with Crippen molar-refractivity contribution in [1.29, 1.82) is 0 Å². The lowest BCUT2D eigenvalue weighted by Crippen LogP contribution is -2.30. The Balaban J connectivity index is 2.21. The van der Waals surface area contributed by atoms with Gasteiger partial charge in [-0.05, 0) is 55.9 Å². The van der Waals surface area contributed by atoms with Gasteiger partial charge in [0.1, 0.15) is 0 Å². The highest BCUT2D eigenvalue weighted by molar-refractivity contribution is 6.44. The highest BCUT2D eigenvalue weighted by Crippen LogP contribution is 2.24. The van der Waals surface area contributed by atoms with E-state index in [1.54, 1.807) is 0 Å². The zero-order valence-electron chi connectivity index (χ0n) is 15.6. The Hall–Kier alpha value is -2.62. The first-order chi connectivity index (χ1) is 11.9. The molecule has 0 atom stereocenters. The molecular formula is C21H26N2O2. The summed E-state index contributed by atoms with van der Waals surface area (Å²) in [6.45, 7) is 9.92. The monoisotopic (exact) mass is 338 g/mol. The fourth-order valence-electron chi connectivity index (χ4n) is 3.12. The van der Waals surface area contributed by atoms with Crippen LogP contribution in [0.5, 0.6) is 0 Å². The molecule has 0 aromatic heterocycles. The molecule has 0 aliphatic heterocycles. The average molecular weight is 338 g/mol. The highest BCUT2D eigenvalue weighted by atomic mass is 16.2. The molecule has 0 heterocycles. The minimum absolute atomic E-state index is 0.644. The SMILES string of the molecule is CCc1cccc(CC)c1NC(=O)C(=O)Nc1c(C)cc(C)cc1C. The Morgan fingerprint density at radius 3 is 1.68 bits per heavy atom. The van der Waals surface area contributed by atoms with Crippen LogP contribution in [0.3, 0.4) is 0 Å². The van der Waals surface area contributed by atoms with Crippen LogP contribution in [0.2, 0.25) is 0 Å². The molecule has 2 N–H and O–H groups in total. The lowest BCUT2D eigenvalue weighted by atomic mass is 10.0. The van der Waals surface area contributed by atoms with Gasteiger partial charge in [0, 0.05) is 11.4 Å². The van der Waals surface area contributed by atoms with Gasteiger partial charge in [0.2, 0.25) is 0 Å². The number of hydrogen-bond acceptors (Lipinski definition) is 2. The van der Waals surface area contributed by atoms with Gasteiger partial charge >= 0.3 is 11.8 Å². The van der Waals surface area contributed by atoms with Gasteiger partial charge in [-0.1, -0.05) is 49.7 Å². The molecule has 2 aromatic rings. The second kappa shape index (κ2) is 7.97. The summed E-state index contributed by atoms with van der Waals surface area (Å²) >= 11 is 0. The third-order valence-corrected chi connectivity index (χ3v) is 4.36. The molecule has 2 amide bonds. The molecule has 0 radical (unpaired) electrons. The van der Waals surface area contributed by atoms with Gasteiger partial charge in [-0.3, -0.25) is 9.59 Å². The first kappa shape index (κ1) is 18.7. The molecule has 0 saturated heterocycles. The molecular weight excluding hydrogens is 312 g/mol. The largest absolute Gasteiger partial charge is 0.317 e. The van der Waals surface area contributed by atoms with Crippen LogP contribution in [-0.2, 0) is 22.4 Å². The highest BCUT2D eigenvalue weighted by Gasteiger charge is 2.18. The van der Waals surface area contributed by atoms with Crippen LogP contribution < -0.4 is 10.6 Å². The van der Waals surface area contributed by atoms with E-state index in [2.05, 4.69) is 10.6 Å². The minimum atomic E-state index is -0.650. The molecule has 0 aliphatic carbocycles. The smallest absolute Gasteiger partial charge is 0.314 e. The van der Waals surface area contributed by atoms with Gasteiger partial charge in [-0.25, -0.2) is 0 Å². The van der Waals surface area contributed by atoms with E-state index >= 15 is 0 Å². The second-order valence-corrected chi connectivity index (χ2v) is 6.34. The Bertz CT molecular complexity index is 764. The van der Waals surface area contributed by atoms with E-state index in [0.29, 0.717) is 5.69 Å². The predicted molar refractivity (Wildman–Crippen MR) is 103 cm³/mol. The van der Waals surface area contributed by atoms with E-state index in [1.165, 1.54) is 0 Å². The lowest BCUT2D eigenvalue weighted by molar-refractivity contribution is -0.133. The van der Waals surface area contributed by atoms with Gasteiger partial charge < -0.3 is 10.6 Å². The van der Waals surface area contributed by atoms with E-state index in [0.717, 1.165) is 46.3 Å². The van der Waals surface area contributed by atoms with Gasteiger partial charge in [0.25, 0.3) is 0 Å². The normalized spacial score (nSPS) is 10.4. The number of carbonyl (C=O) groups is 2. The van der Waals surface area contributed by atoms with Crippen molar-refractivity contribution >= 4 is 23.2 Å². The van der Waals surface area contributed by atoms with Gasteiger partial charge in [-0.15, -0.1) is 0 Å². The summed E-state index contributed by atoms with van der Waals surface area (Å²) < 4.78 is 0. The number of benzene rings is 2. The third kappa shape index (κ3) is 4.27. The summed E-state index contributed by atoms with van der Waals surface area (Å²) in [5, 5.41) is 5.55. The topological polar surface area (TPSA) is 58.2 Å². The Morgan fingerprint density at radius 1 is 0.800 bits per heavy atom. The molecule has 132 valence electrons. The number of hydrogen-bond donors (Lipinski definition) is 2. The van der Waals surface area contributed by atoms with E-state index in [9.17, 15) is 9.59 Å². The molecule has 0 saturated carbocycles. The lowest BCUT2D eigenvalue weighted by Gasteiger charge is -2.15. The number of para-hydroxylation sites is 1. The number of amides is 2. The average Bonchev–Trinajstić information content (AvgIpc) is 2.57. The molecule has 0 bridgehead atoms. The zero-order valence-corrected chi connectivity index (χ0v) is 15.6. The van der Waals surface area contributed by atoms with E-state index in [-0.39, 0.29) is 0 Å². The summed E-state index contributed by atoms with van der Waals surface area (Å²) in [5.41, 5.74) is 6.53. The molecule has 2 aromatic carbocycles. The van der Waals surface area contributed by atoms with Crippen molar-refractivity contribution in [1.82, 2.24) is 0 Å². The predicted octanol–water partition coefficient (Wildman–Crippen LogP) is 4.31. The number of aryl methyl sites for hydroxylation is 5. The van der Waals surface area contributed by atoms with Crippen LogP contribution >= 0.6 is 0 Å². The molecule has 0 aliphatic rings. The summed E-state index contributed by atoms with van der Waals surface area (Å²) in [6.07, 6.45) is 1.59. The maximum absolute atomic E-state index is 12.4. The van der Waals surface area contributed by atoms with E-state index in [4.69, 9.17) is 0 Å². The third-order valence-electron chi connectivity index (χ3n) is 4.36. The van der Waals surface area contributed by atoms with Crippen LogP contribution in [0.15, 0.2) is 30.3 Å².